The number of hydrogen-bond acceptors (Lipinski definition) is 5. The summed E-state index contributed by atoms with van der Waals surface area (Å²) in [6, 6.07) is 15.8. The Morgan fingerprint density at radius 2 is 1.77 bits per heavy atom. The van der Waals surface area contributed by atoms with Crippen molar-refractivity contribution in [3.8, 4) is 17.1 Å². The molecule has 1 N–H and O–H groups in total. The molecule has 0 saturated heterocycles. The van der Waals surface area contributed by atoms with Gasteiger partial charge < -0.3 is 5.32 Å². The molecule has 0 aliphatic rings. The van der Waals surface area contributed by atoms with E-state index in [-0.39, 0.29) is 0 Å². The second kappa shape index (κ2) is 6.76. The second-order valence-electron chi connectivity index (χ2n) is 5.98. The number of aromatic nitrogens is 5. The van der Waals surface area contributed by atoms with E-state index in [4.69, 9.17) is 0 Å². The molecular weight excluding hydrogens is 324 g/mol. The Kier molecular flexibility index (Phi) is 4.15. The van der Waals surface area contributed by atoms with Gasteiger partial charge in [0, 0.05) is 29.7 Å². The Labute approximate surface area is 151 Å². The molecule has 1 aromatic carbocycles. The lowest BCUT2D eigenvalue weighted by atomic mass is 10.2. The van der Waals surface area contributed by atoms with Crippen molar-refractivity contribution in [1.82, 2.24) is 24.7 Å². The van der Waals surface area contributed by atoms with E-state index in [0.29, 0.717) is 5.82 Å². The van der Waals surface area contributed by atoms with Gasteiger partial charge in [-0.2, -0.15) is 5.10 Å². The zero-order valence-electron chi connectivity index (χ0n) is 14.6. The molecule has 0 aliphatic heterocycles. The summed E-state index contributed by atoms with van der Waals surface area (Å²) in [6.45, 7) is 3.98. The van der Waals surface area contributed by atoms with Crippen molar-refractivity contribution in [3.05, 3.63) is 78.5 Å². The molecule has 3 heterocycles. The number of pyridine rings is 1. The van der Waals surface area contributed by atoms with Gasteiger partial charge in [0.2, 0.25) is 0 Å². The predicted octanol–water partition coefficient (Wildman–Crippen LogP) is 4.08. The molecule has 6 nitrogen and oxygen atoms in total. The monoisotopic (exact) mass is 342 g/mol. The molecule has 4 rings (SSSR count). The van der Waals surface area contributed by atoms with E-state index in [0.717, 1.165) is 34.1 Å². The molecule has 0 radical (unpaired) electrons. The highest BCUT2D eigenvalue weighted by Gasteiger charge is 2.10. The van der Waals surface area contributed by atoms with Gasteiger partial charge in [-0.25, -0.2) is 14.6 Å². The SMILES string of the molecule is Cc1cc(Nc2cnn(-c3ccccc3)c2C)nc(-c2cccnc2)n1. The van der Waals surface area contributed by atoms with Crippen molar-refractivity contribution in [2.75, 3.05) is 5.32 Å². The average Bonchev–Trinajstić information content (AvgIpc) is 3.03. The van der Waals surface area contributed by atoms with Crippen LogP contribution < -0.4 is 5.32 Å². The smallest absolute Gasteiger partial charge is 0.163 e. The zero-order chi connectivity index (χ0) is 17.9. The van der Waals surface area contributed by atoms with Crippen LogP contribution in [0.15, 0.2) is 67.1 Å². The number of nitrogens with zero attached hydrogens (tertiary/aromatic N) is 5. The summed E-state index contributed by atoms with van der Waals surface area (Å²) in [7, 11) is 0. The van der Waals surface area contributed by atoms with Crippen molar-refractivity contribution in [2.45, 2.75) is 13.8 Å². The molecule has 128 valence electrons. The van der Waals surface area contributed by atoms with Crippen LogP contribution in [0.25, 0.3) is 17.1 Å². The summed E-state index contributed by atoms with van der Waals surface area (Å²) in [5.74, 6) is 1.38. The largest absolute Gasteiger partial charge is 0.337 e. The number of hydrogen-bond donors (Lipinski definition) is 1. The third kappa shape index (κ3) is 3.17. The van der Waals surface area contributed by atoms with Gasteiger partial charge in [0.15, 0.2) is 5.82 Å². The summed E-state index contributed by atoms with van der Waals surface area (Å²) in [5, 5.41) is 7.84. The van der Waals surface area contributed by atoms with Crippen LogP contribution in [0.4, 0.5) is 11.5 Å². The Balaban J connectivity index is 1.66. The molecule has 0 amide bonds. The van der Waals surface area contributed by atoms with Crippen LogP contribution in [-0.2, 0) is 0 Å². The first kappa shape index (κ1) is 16.0. The molecule has 0 unspecified atom stereocenters. The van der Waals surface area contributed by atoms with E-state index >= 15 is 0 Å². The highest BCUT2D eigenvalue weighted by Crippen LogP contribution is 2.23. The highest BCUT2D eigenvalue weighted by atomic mass is 15.3. The number of nitrogens with one attached hydrogen (secondary N) is 1. The lowest BCUT2D eigenvalue weighted by Gasteiger charge is -2.09. The van der Waals surface area contributed by atoms with Crippen LogP contribution in [0.5, 0.6) is 0 Å². The van der Waals surface area contributed by atoms with E-state index in [1.807, 2.05) is 73.3 Å². The molecule has 0 atom stereocenters. The van der Waals surface area contributed by atoms with Crippen LogP contribution in [0.3, 0.4) is 0 Å². The Morgan fingerprint density at radius 3 is 2.54 bits per heavy atom. The Hall–Kier alpha value is -3.54. The van der Waals surface area contributed by atoms with Crippen LogP contribution in [-0.4, -0.2) is 24.7 Å². The van der Waals surface area contributed by atoms with Crippen molar-refractivity contribution in [2.24, 2.45) is 0 Å². The molecule has 0 aliphatic carbocycles. The summed E-state index contributed by atoms with van der Waals surface area (Å²) < 4.78 is 1.90. The van der Waals surface area contributed by atoms with Gasteiger partial charge in [0.05, 0.1) is 23.3 Å². The predicted molar refractivity (Wildman–Crippen MR) is 102 cm³/mol. The molecule has 4 aromatic rings. The number of para-hydroxylation sites is 1. The van der Waals surface area contributed by atoms with Crippen LogP contribution in [0.2, 0.25) is 0 Å². The number of rotatable bonds is 4. The minimum atomic E-state index is 0.647. The molecule has 0 fully saturated rings. The van der Waals surface area contributed by atoms with Gasteiger partial charge in [0.25, 0.3) is 0 Å². The standard InChI is InChI=1S/C20H18N6/c1-14-11-19(25-20(23-14)16-7-6-10-21-12-16)24-18-13-22-26(15(18)2)17-8-4-3-5-9-17/h3-13H,1-2H3,(H,23,24,25). The summed E-state index contributed by atoms with van der Waals surface area (Å²) in [6.07, 6.45) is 5.31. The van der Waals surface area contributed by atoms with Gasteiger partial charge in [0.1, 0.15) is 5.82 Å². The molecule has 6 heteroatoms. The minimum absolute atomic E-state index is 0.647. The van der Waals surface area contributed by atoms with Crippen LogP contribution >= 0.6 is 0 Å². The second-order valence-corrected chi connectivity index (χ2v) is 5.98. The maximum atomic E-state index is 4.62. The molecule has 0 bridgehead atoms. The van der Waals surface area contributed by atoms with Crippen molar-refractivity contribution < 1.29 is 0 Å². The molecular formula is C20H18N6. The van der Waals surface area contributed by atoms with E-state index in [9.17, 15) is 0 Å². The summed E-state index contributed by atoms with van der Waals surface area (Å²) >= 11 is 0. The van der Waals surface area contributed by atoms with E-state index in [2.05, 4.69) is 25.4 Å². The average molecular weight is 342 g/mol. The fourth-order valence-electron chi connectivity index (χ4n) is 2.76. The first-order valence-electron chi connectivity index (χ1n) is 8.34. The number of anilines is 2. The van der Waals surface area contributed by atoms with E-state index in [1.165, 1.54) is 0 Å². The summed E-state index contributed by atoms with van der Waals surface area (Å²) in [4.78, 5) is 13.3. The van der Waals surface area contributed by atoms with Gasteiger partial charge in [-0.1, -0.05) is 18.2 Å². The fourth-order valence-corrected chi connectivity index (χ4v) is 2.76. The van der Waals surface area contributed by atoms with Gasteiger partial charge in [-0.15, -0.1) is 0 Å². The molecule has 26 heavy (non-hydrogen) atoms. The van der Waals surface area contributed by atoms with Gasteiger partial charge in [-0.3, -0.25) is 4.98 Å². The maximum Gasteiger partial charge on any atom is 0.163 e. The lowest BCUT2D eigenvalue weighted by molar-refractivity contribution is 0.847. The van der Waals surface area contributed by atoms with Crippen LogP contribution in [0, 0.1) is 13.8 Å². The first-order chi connectivity index (χ1) is 12.7. The third-order valence-electron chi connectivity index (χ3n) is 4.05. The quantitative estimate of drug-likeness (QED) is 0.605. The zero-order valence-corrected chi connectivity index (χ0v) is 14.6. The van der Waals surface area contributed by atoms with Gasteiger partial charge in [-0.05, 0) is 38.1 Å². The Morgan fingerprint density at radius 1 is 0.923 bits per heavy atom. The Bertz CT molecular complexity index is 1020. The fraction of sp³-hybridized carbons (Fsp3) is 0.100. The van der Waals surface area contributed by atoms with E-state index < -0.39 is 0 Å². The van der Waals surface area contributed by atoms with E-state index in [1.54, 1.807) is 12.4 Å². The normalized spacial score (nSPS) is 10.7. The molecule has 0 spiro atoms. The number of benzene rings is 1. The number of aryl methyl sites for hydroxylation is 1. The van der Waals surface area contributed by atoms with Crippen molar-refractivity contribution in [3.63, 3.8) is 0 Å². The first-order valence-corrected chi connectivity index (χ1v) is 8.34. The maximum absolute atomic E-state index is 4.62. The van der Waals surface area contributed by atoms with Crippen LogP contribution in [0.1, 0.15) is 11.4 Å². The molecule has 3 aromatic heterocycles. The van der Waals surface area contributed by atoms with Gasteiger partial charge >= 0.3 is 0 Å². The topological polar surface area (TPSA) is 68.5 Å². The summed E-state index contributed by atoms with van der Waals surface area (Å²) in [5.41, 5.74) is 4.71. The minimum Gasteiger partial charge on any atom is -0.337 e. The van der Waals surface area contributed by atoms with Crippen molar-refractivity contribution in [1.29, 1.82) is 0 Å². The lowest BCUT2D eigenvalue weighted by Crippen LogP contribution is -2.01. The highest BCUT2D eigenvalue weighted by molar-refractivity contribution is 5.62. The molecule has 0 saturated carbocycles. The third-order valence-corrected chi connectivity index (χ3v) is 4.05. The van der Waals surface area contributed by atoms with Crippen molar-refractivity contribution >= 4 is 11.5 Å².